The molecule has 31 heavy (non-hydrogen) atoms. The summed E-state index contributed by atoms with van der Waals surface area (Å²) in [6.07, 6.45) is 6.18. The third-order valence-corrected chi connectivity index (χ3v) is 6.11. The number of ketones is 1. The average molecular weight is 435 g/mol. The lowest BCUT2D eigenvalue weighted by Crippen LogP contribution is -2.13. The van der Waals surface area contributed by atoms with Gasteiger partial charge in [0.2, 0.25) is 0 Å². The van der Waals surface area contributed by atoms with E-state index in [-0.39, 0.29) is 13.1 Å². The van der Waals surface area contributed by atoms with E-state index in [1.54, 1.807) is 17.5 Å². The highest BCUT2D eigenvalue weighted by Crippen LogP contribution is 2.34. The lowest BCUT2D eigenvalue weighted by molar-refractivity contribution is 0.101. The summed E-state index contributed by atoms with van der Waals surface area (Å²) in [5.74, 6) is -0.449. The van der Waals surface area contributed by atoms with Crippen LogP contribution in [0, 0.1) is 12.3 Å². The van der Waals surface area contributed by atoms with Crippen molar-refractivity contribution in [1.82, 2.24) is 14.6 Å². The Morgan fingerprint density at radius 3 is 2.77 bits per heavy atom. The van der Waals surface area contributed by atoms with Crippen molar-refractivity contribution in [2.75, 3.05) is 17.7 Å². The van der Waals surface area contributed by atoms with E-state index in [9.17, 15) is 9.59 Å². The van der Waals surface area contributed by atoms with E-state index in [4.69, 9.17) is 5.41 Å². The van der Waals surface area contributed by atoms with Crippen molar-refractivity contribution in [1.29, 1.82) is 5.41 Å². The second kappa shape index (κ2) is 8.11. The minimum atomic E-state index is -0.328. The van der Waals surface area contributed by atoms with Crippen molar-refractivity contribution in [3.8, 4) is 10.4 Å². The van der Waals surface area contributed by atoms with Crippen molar-refractivity contribution >= 4 is 45.4 Å². The number of hydrogen-bond donors (Lipinski definition) is 3. The van der Waals surface area contributed by atoms with Gasteiger partial charge in [-0.15, -0.1) is 11.3 Å². The summed E-state index contributed by atoms with van der Waals surface area (Å²) in [6.45, 7) is 3.22. The fourth-order valence-electron chi connectivity index (χ4n) is 3.26. The second-order valence-electron chi connectivity index (χ2n) is 6.93. The Balaban J connectivity index is 0.00000289. The lowest BCUT2D eigenvalue weighted by Gasteiger charge is -2.09. The van der Waals surface area contributed by atoms with Gasteiger partial charge in [-0.2, -0.15) is 5.10 Å². The molecule has 3 N–H and O–H groups in total. The second-order valence-corrected chi connectivity index (χ2v) is 7.96. The van der Waals surface area contributed by atoms with E-state index < -0.39 is 0 Å². The zero-order valence-electron chi connectivity index (χ0n) is 17.2. The molecular formula is C22H22N6O2S. The standard InChI is InChI=1S/C22H20N6O2S.H2/c1-12-19(7-14(9-25-12)13(2)29)27-21(30)17-10-26-28-11-20(31-22(17)28)15-5-4-6-18(24-3)16(15)8-23;/h4-11,23-24H,1-3H3,(H,27,30);1H. The number of thiazole rings is 1. The van der Waals surface area contributed by atoms with Gasteiger partial charge in [-0.25, -0.2) is 4.52 Å². The summed E-state index contributed by atoms with van der Waals surface area (Å²) in [6, 6.07) is 7.40. The number of rotatable bonds is 6. The Kier molecular flexibility index (Phi) is 5.35. The zero-order valence-corrected chi connectivity index (χ0v) is 18.0. The fraction of sp³-hybridized carbons (Fsp3) is 0.136. The van der Waals surface area contributed by atoms with Crippen LogP contribution in [0.1, 0.15) is 40.3 Å². The Morgan fingerprint density at radius 1 is 1.26 bits per heavy atom. The van der Waals surface area contributed by atoms with E-state index in [0.717, 1.165) is 21.7 Å². The zero-order chi connectivity index (χ0) is 22.1. The summed E-state index contributed by atoms with van der Waals surface area (Å²) in [4.78, 5) is 30.4. The molecule has 4 aromatic rings. The molecule has 0 bridgehead atoms. The molecule has 0 spiro atoms. The number of benzene rings is 1. The van der Waals surface area contributed by atoms with Gasteiger partial charge in [-0.3, -0.25) is 14.6 Å². The Labute approximate surface area is 183 Å². The number of amides is 1. The third kappa shape index (κ3) is 3.71. The first-order valence-electron chi connectivity index (χ1n) is 9.50. The molecule has 0 saturated carbocycles. The van der Waals surface area contributed by atoms with Crippen LogP contribution in [0.3, 0.4) is 0 Å². The highest BCUT2D eigenvalue weighted by atomic mass is 32.1. The van der Waals surface area contributed by atoms with Gasteiger partial charge in [-0.05, 0) is 26.0 Å². The number of pyridine rings is 1. The van der Waals surface area contributed by atoms with Crippen LogP contribution < -0.4 is 10.6 Å². The summed E-state index contributed by atoms with van der Waals surface area (Å²) in [5, 5.41) is 18.1. The van der Waals surface area contributed by atoms with Crippen molar-refractivity contribution in [3.05, 3.63) is 65.2 Å². The number of carbonyl (C=O) groups excluding carboxylic acids is 2. The number of carbonyl (C=O) groups is 2. The molecule has 0 unspecified atom stereocenters. The molecule has 1 amide bonds. The average Bonchev–Trinajstić information content (AvgIpc) is 3.35. The molecule has 0 aliphatic heterocycles. The van der Waals surface area contributed by atoms with E-state index in [0.29, 0.717) is 27.3 Å². The van der Waals surface area contributed by atoms with Crippen LogP contribution in [0.15, 0.2) is 42.9 Å². The van der Waals surface area contributed by atoms with Gasteiger partial charge in [0.05, 0.1) is 28.0 Å². The summed E-state index contributed by atoms with van der Waals surface area (Å²) >= 11 is 1.42. The van der Waals surface area contributed by atoms with Crippen molar-refractivity contribution < 1.29 is 11.0 Å². The molecule has 0 aliphatic carbocycles. The van der Waals surface area contributed by atoms with Crippen LogP contribution in [0.2, 0.25) is 0 Å². The summed E-state index contributed by atoms with van der Waals surface area (Å²) < 4.78 is 1.66. The van der Waals surface area contributed by atoms with Gasteiger partial charge >= 0.3 is 0 Å². The number of nitrogens with zero attached hydrogens (tertiary/aromatic N) is 3. The number of aromatic nitrogens is 3. The van der Waals surface area contributed by atoms with Crippen molar-refractivity contribution in [3.63, 3.8) is 0 Å². The minimum Gasteiger partial charge on any atom is -0.388 e. The summed E-state index contributed by atoms with van der Waals surface area (Å²) in [5.41, 5.74) is 4.47. The predicted octanol–water partition coefficient (Wildman–Crippen LogP) is 4.51. The van der Waals surface area contributed by atoms with Crippen LogP contribution >= 0.6 is 11.3 Å². The lowest BCUT2D eigenvalue weighted by atomic mass is 10.1. The number of Topliss-reactive ketones (excluding diaryl/α,β-unsaturated/α-hetero) is 1. The van der Waals surface area contributed by atoms with Gasteiger partial charge in [0, 0.05) is 49.5 Å². The third-order valence-electron chi connectivity index (χ3n) is 4.97. The predicted molar refractivity (Wildman–Crippen MR) is 125 cm³/mol. The van der Waals surface area contributed by atoms with Crippen molar-refractivity contribution in [2.24, 2.45) is 0 Å². The molecule has 3 aromatic heterocycles. The molecule has 0 aliphatic rings. The first-order valence-corrected chi connectivity index (χ1v) is 10.3. The quantitative estimate of drug-likeness (QED) is 0.305. The molecule has 8 nitrogen and oxygen atoms in total. The molecule has 0 atom stereocenters. The molecule has 3 heterocycles. The molecule has 4 rings (SSSR count). The van der Waals surface area contributed by atoms with Crippen LogP contribution in [0.5, 0.6) is 0 Å². The first-order chi connectivity index (χ1) is 14.9. The largest absolute Gasteiger partial charge is 0.388 e. The fourth-order valence-corrected chi connectivity index (χ4v) is 4.36. The summed E-state index contributed by atoms with van der Waals surface area (Å²) in [7, 11) is 1.81. The van der Waals surface area contributed by atoms with E-state index in [1.807, 2.05) is 31.4 Å². The highest BCUT2D eigenvalue weighted by molar-refractivity contribution is 7.21. The molecule has 0 radical (unpaired) electrons. The number of hydrogen-bond acceptors (Lipinski definition) is 7. The number of nitrogens with one attached hydrogen (secondary N) is 3. The van der Waals surface area contributed by atoms with E-state index in [1.165, 1.54) is 36.9 Å². The topological polar surface area (TPSA) is 112 Å². The maximum absolute atomic E-state index is 13.0. The number of anilines is 2. The monoisotopic (exact) mass is 434 g/mol. The first kappa shape index (κ1) is 20.4. The smallest absolute Gasteiger partial charge is 0.260 e. The molecule has 0 saturated heterocycles. The molecule has 9 heteroatoms. The highest BCUT2D eigenvalue weighted by Gasteiger charge is 2.19. The van der Waals surface area contributed by atoms with Gasteiger partial charge in [0.1, 0.15) is 4.83 Å². The Bertz CT molecular complexity index is 1340. The number of aryl methyl sites for hydroxylation is 1. The van der Waals surface area contributed by atoms with Crippen LogP contribution in [0.4, 0.5) is 11.4 Å². The van der Waals surface area contributed by atoms with Gasteiger partial charge in [0.25, 0.3) is 5.91 Å². The minimum absolute atomic E-state index is 0. The van der Waals surface area contributed by atoms with Gasteiger partial charge in [0.15, 0.2) is 5.78 Å². The van der Waals surface area contributed by atoms with Gasteiger partial charge < -0.3 is 16.0 Å². The van der Waals surface area contributed by atoms with Crippen LogP contribution in [-0.4, -0.2) is 39.6 Å². The van der Waals surface area contributed by atoms with Crippen LogP contribution in [0.25, 0.3) is 15.3 Å². The van der Waals surface area contributed by atoms with E-state index >= 15 is 0 Å². The van der Waals surface area contributed by atoms with E-state index in [2.05, 4.69) is 20.7 Å². The van der Waals surface area contributed by atoms with Gasteiger partial charge in [-0.1, -0.05) is 12.1 Å². The Morgan fingerprint density at radius 2 is 2.06 bits per heavy atom. The van der Waals surface area contributed by atoms with Crippen molar-refractivity contribution in [2.45, 2.75) is 13.8 Å². The maximum atomic E-state index is 13.0. The maximum Gasteiger partial charge on any atom is 0.260 e. The molecule has 0 fully saturated rings. The number of fused-ring (bicyclic) bond motifs is 1. The molecule has 158 valence electrons. The SMILES string of the molecule is CNc1cccc(-c2cn3ncc(C(=O)Nc4cc(C(C)=O)cnc4C)c3s2)c1C=N.[HH]. The molecule has 1 aromatic carbocycles. The Hall–Kier alpha value is -3.85. The normalized spacial score (nSPS) is 10.8. The van der Waals surface area contributed by atoms with Crippen LogP contribution in [-0.2, 0) is 0 Å². The molecular weight excluding hydrogens is 412 g/mol.